The fraction of sp³-hybridized carbons (Fsp3) is 0.667. The van der Waals surface area contributed by atoms with Gasteiger partial charge < -0.3 is 16.0 Å². The maximum absolute atomic E-state index is 11.6. The molecule has 1 aromatic heterocycles. The molecular formula is C15H27N5O. The highest BCUT2D eigenvalue weighted by molar-refractivity contribution is 5.76. The average molecular weight is 293 g/mol. The van der Waals surface area contributed by atoms with E-state index in [0.29, 0.717) is 24.8 Å². The molecule has 0 unspecified atom stereocenters. The molecule has 0 spiro atoms. The molecule has 0 atom stereocenters. The van der Waals surface area contributed by atoms with Crippen molar-refractivity contribution < 1.29 is 4.79 Å². The topological polar surface area (TPSA) is 78.9 Å². The molecule has 1 aromatic rings. The summed E-state index contributed by atoms with van der Waals surface area (Å²) in [4.78, 5) is 20.3. The molecule has 6 nitrogen and oxygen atoms in total. The Morgan fingerprint density at radius 1 is 1.24 bits per heavy atom. The molecule has 0 aliphatic rings. The first-order valence-corrected chi connectivity index (χ1v) is 7.61. The van der Waals surface area contributed by atoms with Gasteiger partial charge in [0.1, 0.15) is 5.82 Å². The second-order valence-electron chi connectivity index (χ2n) is 5.52. The second kappa shape index (κ2) is 9.15. The van der Waals surface area contributed by atoms with Crippen LogP contribution in [-0.4, -0.2) is 35.5 Å². The summed E-state index contributed by atoms with van der Waals surface area (Å²) in [5.74, 6) is 1.91. The van der Waals surface area contributed by atoms with Crippen LogP contribution in [0.1, 0.15) is 39.3 Å². The van der Waals surface area contributed by atoms with Crippen LogP contribution in [0.4, 0.5) is 11.8 Å². The normalized spacial score (nSPS) is 10.5. The van der Waals surface area contributed by atoms with E-state index in [1.54, 1.807) is 0 Å². The zero-order valence-corrected chi connectivity index (χ0v) is 13.5. The van der Waals surface area contributed by atoms with Gasteiger partial charge in [-0.3, -0.25) is 4.79 Å². The van der Waals surface area contributed by atoms with E-state index in [4.69, 9.17) is 0 Å². The molecule has 0 aliphatic heterocycles. The molecule has 1 amide bonds. The Balaban J connectivity index is 2.40. The second-order valence-corrected chi connectivity index (χ2v) is 5.52. The largest absolute Gasteiger partial charge is 0.369 e. The molecular weight excluding hydrogens is 266 g/mol. The van der Waals surface area contributed by atoms with Gasteiger partial charge in [0.25, 0.3) is 0 Å². The Bertz CT molecular complexity index is 448. The average Bonchev–Trinajstić information content (AvgIpc) is 2.42. The SMILES string of the molecule is CCCNc1nc(C)cc(NCCC(=O)NCC(C)C)n1. The van der Waals surface area contributed by atoms with E-state index < -0.39 is 0 Å². The van der Waals surface area contributed by atoms with E-state index in [2.05, 4.69) is 46.7 Å². The Hall–Kier alpha value is -1.85. The smallest absolute Gasteiger partial charge is 0.224 e. The van der Waals surface area contributed by atoms with Crippen LogP contribution in [0.5, 0.6) is 0 Å². The van der Waals surface area contributed by atoms with Gasteiger partial charge in [-0.15, -0.1) is 0 Å². The third-order valence-corrected chi connectivity index (χ3v) is 2.75. The summed E-state index contributed by atoms with van der Waals surface area (Å²) in [6.07, 6.45) is 1.46. The molecule has 118 valence electrons. The lowest BCUT2D eigenvalue weighted by atomic mass is 10.2. The number of nitrogens with one attached hydrogen (secondary N) is 3. The zero-order valence-electron chi connectivity index (χ0n) is 13.5. The van der Waals surface area contributed by atoms with Crippen molar-refractivity contribution in [3.05, 3.63) is 11.8 Å². The van der Waals surface area contributed by atoms with E-state index in [1.807, 2.05) is 13.0 Å². The van der Waals surface area contributed by atoms with E-state index >= 15 is 0 Å². The first-order valence-electron chi connectivity index (χ1n) is 7.61. The van der Waals surface area contributed by atoms with Crippen LogP contribution in [0.3, 0.4) is 0 Å². The lowest BCUT2D eigenvalue weighted by molar-refractivity contribution is -0.120. The van der Waals surface area contributed by atoms with Crippen LogP contribution in [0.25, 0.3) is 0 Å². The third-order valence-electron chi connectivity index (χ3n) is 2.75. The van der Waals surface area contributed by atoms with Crippen molar-refractivity contribution >= 4 is 17.7 Å². The standard InChI is InChI=1S/C15H27N5O/c1-5-7-17-15-19-12(4)9-13(20-15)16-8-6-14(21)18-10-11(2)3/h9,11H,5-8,10H2,1-4H3,(H,18,21)(H2,16,17,19,20). The van der Waals surface area contributed by atoms with Gasteiger partial charge in [-0.2, -0.15) is 4.98 Å². The van der Waals surface area contributed by atoms with Crippen molar-refractivity contribution in [2.24, 2.45) is 5.92 Å². The Kier molecular flexibility index (Phi) is 7.50. The van der Waals surface area contributed by atoms with Crippen molar-refractivity contribution in [2.75, 3.05) is 30.3 Å². The van der Waals surface area contributed by atoms with Crippen molar-refractivity contribution in [3.8, 4) is 0 Å². The molecule has 0 saturated carbocycles. The molecule has 0 radical (unpaired) electrons. The summed E-state index contributed by atoms with van der Waals surface area (Å²) < 4.78 is 0. The molecule has 0 aliphatic carbocycles. The van der Waals surface area contributed by atoms with Crippen molar-refractivity contribution in [2.45, 2.75) is 40.5 Å². The Morgan fingerprint density at radius 2 is 2.00 bits per heavy atom. The molecule has 0 aromatic carbocycles. The lowest BCUT2D eigenvalue weighted by Crippen LogP contribution is -2.28. The van der Waals surface area contributed by atoms with Gasteiger partial charge in [0.15, 0.2) is 0 Å². The predicted molar refractivity (Wildman–Crippen MR) is 86.5 cm³/mol. The van der Waals surface area contributed by atoms with Crippen LogP contribution in [0, 0.1) is 12.8 Å². The summed E-state index contributed by atoms with van der Waals surface area (Å²) in [6, 6.07) is 1.88. The first-order chi connectivity index (χ1) is 10.0. The highest BCUT2D eigenvalue weighted by atomic mass is 16.1. The molecule has 21 heavy (non-hydrogen) atoms. The van der Waals surface area contributed by atoms with Gasteiger partial charge >= 0.3 is 0 Å². The van der Waals surface area contributed by atoms with E-state index in [9.17, 15) is 4.79 Å². The highest BCUT2D eigenvalue weighted by Gasteiger charge is 2.04. The lowest BCUT2D eigenvalue weighted by Gasteiger charge is -2.10. The minimum atomic E-state index is 0.0614. The maximum atomic E-state index is 11.6. The van der Waals surface area contributed by atoms with Crippen LogP contribution in [-0.2, 0) is 4.79 Å². The van der Waals surface area contributed by atoms with E-state index in [-0.39, 0.29) is 5.91 Å². The van der Waals surface area contributed by atoms with Gasteiger partial charge in [0, 0.05) is 37.8 Å². The van der Waals surface area contributed by atoms with Gasteiger partial charge in [-0.25, -0.2) is 4.98 Å². The number of hydrogen-bond acceptors (Lipinski definition) is 5. The van der Waals surface area contributed by atoms with Crippen molar-refractivity contribution in [1.82, 2.24) is 15.3 Å². The zero-order chi connectivity index (χ0) is 15.7. The molecule has 1 heterocycles. The minimum Gasteiger partial charge on any atom is -0.369 e. The number of nitrogens with zero attached hydrogens (tertiary/aromatic N) is 2. The van der Waals surface area contributed by atoms with Gasteiger partial charge in [0.2, 0.25) is 11.9 Å². The van der Waals surface area contributed by atoms with Crippen molar-refractivity contribution in [3.63, 3.8) is 0 Å². The molecule has 1 rings (SSSR count). The summed E-state index contributed by atoms with van der Waals surface area (Å²) in [5, 5.41) is 9.23. The van der Waals surface area contributed by atoms with Crippen LogP contribution in [0.15, 0.2) is 6.07 Å². The molecule has 0 bridgehead atoms. The van der Waals surface area contributed by atoms with Crippen LogP contribution in [0.2, 0.25) is 0 Å². The first kappa shape index (κ1) is 17.2. The number of carbonyl (C=O) groups is 1. The number of hydrogen-bond donors (Lipinski definition) is 3. The molecule has 6 heteroatoms. The Morgan fingerprint density at radius 3 is 2.67 bits per heavy atom. The Labute approximate surface area is 127 Å². The number of carbonyl (C=O) groups excluding carboxylic acids is 1. The van der Waals surface area contributed by atoms with Crippen molar-refractivity contribution in [1.29, 1.82) is 0 Å². The maximum Gasteiger partial charge on any atom is 0.224 e. The van der Waals surface area contributed by atoms with Gasteiger partial charge in [0.05, 0.1) is 0 Å². The molecule has 0 saturated heterocycles. The van der Waals surface area contributed by atoms with Crippen LogP contribution < -0.4 is 16.0 Å². The fourth-order valence-electron chi connectivity index (χ4n) is 1.69. The summed E-state index contributed by atoms with van der Waals surface area (Å²) in [5.41, 5.74) is 0.898. The highest BCUT2D eigenvalue weighted by Crippen LogP contribution is 2.09. The number of aryl methyl sites for hydroxylation is 1. The monoisotopic (exact) mass is 293 g/mol. The fourth-order valence-corrected chi connectivity index (χ4v) is 1.69. The van der Waals surface area contributed by atoms with E-state index in [0.717, 1.165) is 31.0 Å². The number of aromatic nitrogens is 2. The number of rotatable bonds is 9. The van der Waals surface area contributed by atoms with Gasteiger partial charge in [-0.05, 0) is 19.3 Å². The minimum absolute atomic E-state index is 0.0614. The molecule has 0 fully saturated rings. The number of anilines is 2. The predicted octanol–water partition coefficient (Wildman–Crippen LogP) is 2.18. The van der Waals surface area contributed by atoms with Crippen LogP contribution >= 0.6 is 0 Å². The third kappa shape index (κ3) is 7.48. The number of amides is 1. The van der Waals surface area contributed by atoms with E-state index in [1.165, 1.54) is 0 Å². The van der Waals surface area contributed by atoms with Gasteiger partial charge in [-0.1, -0.05) is 20.8 Å². The summed E-state index contributed by atoms with van der Waals surface area (Å²) in [7, 11) is 0. The summed E-state index contributed by atoms with van der Waals surface area (Å²) in [6.45, 7) is 10.3. The molecule has 3 N–H and O–H groups in total. The quantitative estimate of drug-likeness (QED) is 0.650. The summed E-state index contributed by atoms with van der Waals surface area (Å²) >= 11 is 0.